The van der Waals surface area contributed by atoms with E-state index >= 15 is 0 Å². The number of nitro benzene ring substituents is 1. The molecule has 1 aromatic heterocycles. The minimum Gasteiger partial charge on any atom is -0.490 e. The van der Waals surface area contributed by atoms with Crippen molar-refractivity contribution in [1.29, 1.82) is 0 Å². The molecule has 1 aliphatic rings. The van der Waals surface area contributed by atoms with Crippen LogP contribution in [-0.2, 0) is 0 Å². The first kappa shape index (κ1) is 17.7. The van der Waals surface area contributed by atoms with E-state index in [2.05, 4.69) is 15.3 Å². The maximum atomic E-state index is 11.0. The highest BCUT2D eigenvalue weighted by Crippen LogP contribution is 2.33. The van der Waals surface area contributed by atoms with Crippen molar-refractivity contribution in [1.82, 2.24) is 9.97 Å². The van der Waals surface area contributed by atoms with Crippen LogP contribution in [-0.4, -0.2) is 28.1 Å². The van der Waals surface area contributed by atoms with E-state index in [1.165, 1.54) is 12.1 Å². The first-order valence-corrected chi connectivity index (χ1v) is 8.86. The number of nitro groups is 1. The van der Waals surface area contributed by atoms with Gasteiger partial charge in [-0.2, -0.15) is 0 Å². The molecule has 0 unspecified atom stereocenters. The number of rotatable bonds is 4. The molecule has 8 heteroatoms. The van der Waals surface area contributed by atoms with Gasteiger partial charge in [-0.05, 0) is 19.1 Å². The van der Waals surface area contributed by atoms with E-state index in [1.807, 2.05) is 31.2 Å². The Bertz CT molecular complexity index is 1040. The van der Waals surface area contributed by atoms with Crippen LogP contribution in [0.3, 0.4) is 0 Å². The summed E-state index contributed by atoms with van der Waals surface area (Å²) in [6.07, 6.45) is 0.842. The summed E-state index contributed by atoms with van der Waals surface area (Å²) in [5.41, 5.74) is 2.13. The maximum Gasteiger partial charge on any atom is 0.270 e. The Hall–Kier alpha value is -3.68. The van der Waals surface area contributed by atoms with Gasteiger partial charge in [-0.25, -0.2) is 9.97 Å². The van der Waals surface area contributed by atoms with Gasteiger partial charge in [0.15, 0.2) is 17.3 Å². The fourth-order valence-electron chi connectivity index (χ4n) is 2.91. The molecule has 0 saturated carbocycles. The Labute approximate surface area is 161 Å². The van der Waals surface area contributed by atoms with Gasteiger partial charge >= 0.3 is 0 Å². The summed E-state index contributed by atoms with van der Waals surface area (Å²) in [5.74, 6) is 2.41. The lowest BCUT2D eigenvalue weighted by molar-refractivity contribution is -0.384. The Kier molecular flexibility index (Phi) is 4.76. The average Bonchev–Trinajstić information content (AvgIpc) is 2.92. The van der Waals surface area contributed by atoms with Crippen LogP contribution in [0.15, 0.2) is 48.5 Å². The molecular weight excluding hydrogens is 360 g/mol. The van der Waals surface area contributed by atoms with E-state index in [0.29, 0.717) is 36.2 Å². The lowest BCUT2D eigenvalue weighted by Gasteiger charge is -2.12. The van der Waals surface area contributed by atoms with E-state index in [9.17, 15) is 10.1 Å². The zero-order valence-electron chi connectivity index (χ0n) is 15.2. The Balaban J connectivity index is 1.64. The highest BCUT2D eigenvalue weighted by molar-refractivity contribution is 5.65. The van der Waals surface area contributed by atoms with Crippen molar-refractivity contribution in [2.45, 2.75) is 13.3 Å². The van der Waals surface area contributed by atoms with Crippen molar-refractivity contribution in [3.63, 3.8) is 0 Å². The number of fused-ring (bicyclic) bond motifs is 1. The number of hydrogen-bond donors (Lipinski definition) is 1. The van der Waals surface area contributed by atoms with Crippen LogP contribution in [0.4, 0.5) is 17.2 Å². The third-order valence-electron chi connectivity index (χ3n) is 4.19. The van der Waals surface area contributed by atoms with E-state index in [1.54, 1.807) is 12.1 Å². The molecule has 2 aromatic carbocycles. The van der Waals surface area contributed by atoms with Crippen molar-refractivity contribution < 1.29 is 14.4 Å². The SMILES string of the molecule is Cc1cc(Nc2ccc3c(c2)OCCCO3)nc(-c2cccc([N+](=O)[O-])c2)n1. The minimum absolute atomic E-state index is 0.0000152. The van der Waals surface area contributed by atoms with E-state index in [-0.39, 0.29) is 5.69 Å². The average molecular weight is 378 g/mol. The molecule has 0 fully saturated rings. The Morgan fingerprint density at radius 1 is 1.04 bits per heavy atom. The normalized spacial score (nSPS) is 12.9. The molecule has 1 N–H and O–H groups in total. The number of nitrogens with zero attached hydrogens (tertiary/aromatic N) is 3. The van der Waals surface area contributed by atoms with Gasteiger partial charge < -0.3 is 14.8 Å². The molecule has 4 rings (SSSR count). The third-order valence-corrected chi connectivity index (χ3v) is 4.19. The van der Waals surface area contributed by atoms with Crippen molar-refractivity contribution >= 4 is 17.2 Å². The van der Waals surface area contributed by atoms with Gasteiger partial charge in [-0.15, -0.1) is 0 Å². The fourth-order valence-corrected chi connectivity index (χ4v) is 2.91. The summed E-state index contributed by atoms with van der Waals surface area (Å²) in [4.78, 5) is 19.5. The van der Waals surface area contributed by atoms with Crippen molar-refractivity contribution in [2.24, 2.45) is 0 Å². The van der Waals surface area contributed by atoms with Gasteiger partial charge in [0, 0.05) is 47.6 Å². The predicted octanol–water partition coefficient (Wildman–Crippen LogP) is 4.27. The molecule has 0 aliphatic carbocycles. The summed E-state index contributed by atoms with van der Waals surface area (Å²) >= 11 is 0. The quantitative estimate of drug-likeness (QED) is 0.535. The van der Waals surface area contributed by atoms with Gasteiger partial charge in [-0.3, -0.25) is 10.1 Å². The van der Waals surface area contributed by atoms with Crippen LogP contribution in [0.1, 0.15) is 12.1 Å². The number of hydrogen-bond acceptors (Lipinski definition) is 7. The number of aromatic nitrogens is 2. The molecule has 0 radical (unpaired) electrons. The highest BCUT2D eigenvalue weighted by Gasteiger charge is 2.13. The monoisotopic (exact) mass is 378 g/mol. The molecule has 2 heterocycles. The molecule has 0 bridgehead atoms. The number of benzene rings is 2. The molecule has 28 heavy (non-hydrogen) atoms. The largest absolute Gasteiger partial charge is 0.490 e. The molecule has 0 saturated heterocycles. The van der Waals surface area contributed by atoms with E-state index < -0.39 is 4.92 Å². The number of non-ortho nitro benzene ring substituents is 1. The lowest BCUT2D eigenvalue weighted by atomic mass is 10.2. The second kappa shape index (κ2) is 7.51. The first-order valence-electron chi connectivity index (χ1n) is 8.86. The Morgan fingerprint density at radius 2 is 1.86 bits per heavy atom. The standard InChI is InChI=1S/C20H18N4O4/c1-13-10-19(22-15-6-7-17-18(12-15)28-9-3-8-27-17)23-20(21-13)14-4-2-5-16(11-14)24(25)26/h2,4-7,10-12H,3,8-9H2,1H3,(H,21,22,23). The predicted molar refractivity (Wildman–Crippen MR) is 104 cm³/mol. The fraction of sp³-hybridized carbons (Fsp3) is 0.200. The highest BCUT2D eigenvalue weighted by atomic mass is 16.6. The Morgan fingerprint density at radius 3 is 2.68 bits per heavy atom. The molecule has 0 amide bonds. The topological polar surface area (TPSA) is 99.4 Å². The summed E-state index contributed by atoms with van der Waals surface area (Å²) in [7, 11) is 0. The second-order valence-electron chi connectivity index (χ2n) is 6.36. The van der Waals surface area contributed by atoms with Crippen LogP contribution in [0.25, 0.3) is 11.4 Å². The van der Waals surface area contributed by atoms with Gasteiger partial charge in [0.05, 0.1) is 18.1 Å². The number of ether oxygens (including phenoxy) is 2. The molecule has 1 aliphatic heterocycles. The summed E-state index contributed by atoms with van der Waals surface area (Å²) in [5, 5.41) is 14.3. The van der Waals surface area contributed by atoms with Crippen molar-refractivity contribution in [3.05, 3.63) is 64.3 Å². The molecule has 142 valence electrons. The zero-order valence-corrected chi connectivity index (χ0v) is 15.2. The van der Waals surface area contributed by atoms with Crippen molar-refractivity contribution in [2.75, 3.05) is 18.5 Å². The van der Waals surface area contributed by atoms with Crippen LogP contribution in [0.2, 0.25) is 0 Å². The molecule has 3 aromatic rings. The van der Waals surface area contributed by atoms with Gasteiger partial charge in [-0.1, -0.05) is 12.1 Å². The van der Waals surface area contributed by atoms with Crippen molar-refractivity contribution in [3.8, 4) is 22.9 Å². The minimum atomic E-state index is -0.434. The summed E-state index contributed by atoms with van der Waals surface area (Å²) in [6.45, 7) is 3.10. The van der Waals surface area contributed by atoms with Gasteiger partial charge in [0.25, 0.3) is 5.69 Å². The second-order valence-corrected chi connectivity index (χ2v) is 6.36. The summed E-state index contributed by atoms with van der Waals surface area (Å²) < 4.78 is 11.4. The molecule has 8 nitrogen and oxygen atoms in total. The van der Waals surface area contributed by atoms with Gasteiger partial charge in [0.1, 0.15) is 5.82 Å². The van der Waals surface area contributed by atoms with E-state index in [0.717, 1.165) is 23.6 Å². The van der Waals surface area contributed by atoms with Crippen LogP contribution < -0.4 is 14.8 Å². The third kappa shape index (κ3) is 3.85. The lowest BCUT2D eigenvalue weighted by Crippen LogP contribution is -2.00. The molecule has 0 spiro atoms. The summed E-state index contributed by atoms with van der Waals surface area (Å²) in [6, 6.07) is 13.7. The van der Waals surface area contributed by atoms with Gasteiger partial charge in [0.2, 0.25) is 0 Å². The first-order chi connectivity index (χ1) is 13.6. The van der Waals surface area contributed by atoms with Crippen LogP contribution in [0, 0.1) is 17.0 Å². The number of aryl methyl sites for hydroxylation is 1. The number of nitrogens with one attached hydrogen (secondary N) is 1. The van der Waals surface area contributed by atoms with E-state index in [4.69, 9.17) is 9.47 Å². The number of anilines is 2. The molecular formula is C20H18N4O4. The maximum absolute atomic E-state index is 11.0. The van der Waals surface area contributed by atoms with Crippen LogP contribution >= 0.6 is 0 Å². The van der Waals surface area contributed by atoms with Crippen LogP contribution in [0.5, 0.6) is 11.5 Å². The zero-order chi connectivity index (χ0) is 19.5. The molecule has 0 atom stereocenters. The smallest absolute Gasteiger partial charge is 0.270 e.